The Bertz CT molecular complexity index is 404. The van der Waals surface area contributed by atoms with Gasteiger partial charge in [-0.1, -0.05) is 54.6 Å². The molecule has 0 heterocycles. The molecular formula is C18H29I2SiZr. The Balaban J connectivity index is -0.000000112. The molecule has 0 N–H and O–H groups in total. The summed E-state index contributed by atoms with van der Waals surface area (Å²) in [5.41, 5.74) is 8.49. The van der Waals surface area contributed by atoms with Crippen molar-refractivity contribution in [2.24, 2.45) is 0 Å². The smallest absolute Gasteiger partial charge is 1.00 e. The maximum absolute atomic E-state index is 2.21. The zero-order valence-electron chi connectivity index (χ0n) is 15.1. The molecule has 0 amide bonds. The van der Waals surface area contributed by atoms with E-state index in [0.717, 1.165) is 9.52 Å². The summed E-state index contributed by atoms with van der Waals surface area (Å²) >= 11 is 0. The number of rotatable bonds is 0. The van der Waals surface area contributed by atoms with Gasteiger partial charge in [-0.3, -0.25) is 0 Å². The van der Waals surface area contributed by atoms with Crippen LogP contribution in [0, 0.1) is 41.5 Å². The molecule has 0 saturated carbocycles. The monoisotopic (exact) mass is 617 g/mol. The topological polar surface area (TPSA) is 0 Å². The van der Waals surface area contributed by atoms with Gasteiger partial charge in [0, 0.05) is 9.52 Å². The molecule has 0 aliphatic carbocycles. The predicted octanol–water partition coefficient (Wildman–Crippen LogP) is -0.814. The number of halogens is 2. The number of hydrogen-bond donors (Lipinski definition) is 0. The molecule has 22 heavy (non-hydrogen) atoms. The van der Waals surface area contributed by atoms with E-state index < -0.39 is 0 Å². The Hall–Kier alpha value is 1.26. The van der Waals surface area contributed by atoms with Crippen LogP contribution >= 0.6 is 0 Å². The Morgan fingerprint density at radius 1 is 0.727 bits per heavy atom. The molecule has 2 aromatic carbocycles. The van der Waals surface area contributed by atoms with Gasteiger partial charge in [0.05, 0.1) is 0 Å². The summed E-state index contributed by atoms with van der Waals surface area (Å²) in [4.78, 5) is 0. The Morgan fingerprint density at radius 2 is 0.955 bits per heavy atom. The zero-order chi connectivity index (χ0) is 15.0. The van der Waals surface area contributed by atoms with Gasteiger partial charge < -0.3 is 48.0 Å². The average molecular weight is 619 g/mol. The Morgan fingerprint density at radius 3 is 1.00 bits per heavy atom. The van der Waals surface area contributed by atoms with Crippen molar-refractivity contribution < 1.29 is 74.2 Å². The van der Waals surface area contributed by atoms with Crippen LogP contribution in [0.3, 0.4) is 0 Å². The van der Waals surface area contributed by atoms with Crippen LogP contribution in [-0.4, -0.2) is 9.52 Å². The fourth-order valence-corrected chi connectivity index (χ4v) is 1.62. The van der Waals surface area contributed by atoms with E-state index in [1.807, 2.05) is 0 Å². The Labute approximate surface area is 194 Å². The molecule has 0 aliphatic heterocycles. The van der Waals surface area contributed by atoms with Crippen LogP contribution < -0.4 is 48.0 Å². The van der Waals surface area contributed by atoms with Crippen LogP contribution in [0.2, 0.25) is 13.1 Å². The van der Waals surface area contributed by atoms with E-state index >= 15 is 0 Å². The first kappa shape index (κ1) is 31.1. The molecule has 0 bridgehead atoms. The van der Waals surface area contributed by atoms with E-state index in [1.165, 1.54) is 33.4 Å². The first-order valence-electron chi connectivity index (χ1n) is 6.98. The van der Waals surface area contributed by atoms with Crippen molar-refractivity contribution in [3.8, 4) is 0 Å². The van der Waals surface area contributed by atoms with Crippen molar-refractivity contribution in [2.45, 2.75) is 54.6 Å². The quantitative estimate of drug-likeness (QED) is 0.206. The minimum absolute atomic E-state index is 0. The largest absolute Gasteiger partial charge is 4.00 e. The summed E-state index contributed by atoms with van der Waals surface area (Å²) in [5.74, 6) is 0. The molecule has 0 spiro atoms. The van der Waals surface area contributed by atoms with Crippen LogP contribution in [0.1, 0.15) is 33.4 Å². The van der Waals surface area contributed by atoms with Gasteiger partial charge in [-0.2, -0.15) is 45.5 Å². The standard InChI is InChI=1S/2C8H11.C2H7Si.2HI.Zr/c2*1-6-4-5-7(2)8(6)3;1-3-2;;;/h2*4-5H,1-3H3;3H,1-2H3;2*1H;/q2*-1;;;;+4/p-2. The van der Waals surface area contributed by atoms with E-state index in [2.05, 4.69) is 78.9 Å². The first-order chi connectivity index (χ1) is 8.84. The second kappa shape index (κ2) is 17.1. The summed E-state index contributed by atoms with van der Waals surface area (Å²) in [6.45, 7) is 17.3. The summed E-state index contributed by atoms with van der Waals surface area (Å²) in [5, 5.41) is 0. The van der Waals surface area contributed by atoms with Gasteiger partial charge >= 0.3 is 26.2 Å². The Kier molecular flexibility index (Phi) is 24.1. The van der Waals surface area contributed by atoms with Crippen LogP contribution in [0.15, 0.2) is 24.3 Å². The van der Waals surface area contributed by atoms with Crippen LogP contribution in [0.5, 0.6) is 0 Å². The molecule has 0 fully saturated rings. The molecule has 0 atom stereocenters. The molecule has 0 aliphatic rings. The van der Waals surface area contributed by atoms with Gasteiger partial charge in [0.2, 0.25) is 0 Å². The molecule has 2 aromatic rings. The second-order valence-corrected chi connectivity index (χ2v) is 6.38. The third-order valence-corrected chi connectivity index (χ3v) is 3.53. The fraction of sp³-hybridized carbons (Fsp3) is 0.444. The second-order valence-electron chi connectivity index (χ2n) is 5.23. The molecule has 0 saturated heterocycles. The van der Waals surface area contributed by atoms with Crippen molar-refractivity contribution in [1.82, 2.24) is 0 Å². The molecule has 2 rings (SSSR count). The molecule has 1 radical (unpaired) electrons. The third-order valence-electron chi connectivity index (χ3n) is 3.53. The number of hydrogen-bond acceptors (Lipinski definition) is 0. The minimum Gasteiger partial charge on any atom is -1.00 e. The fourth-order valence-electron chi connectivity index (χ4n) is 1.62. The third kappa shape index (κ3) is 11.7. The summed E-state index contributed by atoms with van der Waals surface area (Å²) in [6, 6.07) is 8.63. The van der Waals surface area contributed by atoms with E-state index in [9.17, 15) is 0 Å². The maximum Gasteiger partial charge on any atom is 4.00 e. The number of aryl methyl sites for hydroxylation is 4. The molecule has 123 valence electrons. The van der Waals surface area contributed by atoms with E-state index in [1.54, 1.807) is 0 Å². The summed E-state index contributed by atoms with van der Waals surface area (Å²) in [6.07, 6.45) is 0. The van der Waals surface area contributed by atoms with E-state index in [4.69, 9.17) is 0 Å². The van der Waals surface area contributed by atoms with Crippen molar-refractivity contribution in [3.63, 3.8) is 0 Å². The van der Waals surface area contributed by atoms with E-state index in [-0.39, 0.29) is 74.2 Å². The molecule has 0 aromatic heterocycles. The first-order valence-corrected chi connectivity index (χ1v) is 9.29. The summed E-state index contributed by atoms with van der Waals surface area (Å²) < 4.78 is 0. The van der Waals surface area contributed by atoms with Crippen LogP contribution in [0.4, 0.5) is 0 Å². The van der Waals surface area contributed by atoms with Crippen molar-refractivity contribution in [2.75, 3.05) is 0 Å². The minimum atomic E-state index is 0. The van der Waals surface area contributed by atoms with E-state index in [0.29, 0.717) is 0 Å². The van der Waals surface area contributed by atoms with Gasteiger partial charge in [-0.05, 0) is 0 Å². The van der Waals surface area contributed by atoms with Crippen molar-refractivity contribution in [3.05, 3.63) is 57.6 Å². The zero-order valence-corrected chi connectivity index (χ0v) is 23.1. The van der Waals surface area contributed by atoms with Gasteiger partial charge in [0.15, 0.2) is 0 Å². The van der Waals surface area contributed by atoms with Gasteiger partial charge in [-0.25, -0.2) is 12.1 Å². The van der Waals surface area contributed by atoms with Crippen LogP contribution in [0.25, 0.3) is 0 Å². The molecule has 4 heteroatoms. The molecule has 0 nitrogen and oxygen atoms in total. The average Bonchev–Trinajstić information content (AvgIpc) is 2.82. The van der Waals surface area contributed by atoms with Crippen molar-refractivity contribution >= 4 is 9.52 Å². The predicted molar refractivity (Wildman–Crippen MR) is 91.4 cm³/mol. The van der Waals surface area contributed by atoms with Crippen molar-refractivity contribution in [1.29, 1.82) is 0 Å². The SMILES string of the molecule is C[SiH]C.Cc1cc[c-](C)c1C.Cc1cc[c-](C)c1C.[I-].[I-].[Zr+4]. The summed E-state index contributed by atoms with van der Waals surface area (Å²) in [7, 11) is 0.750. The van der Waals surface area contributed by atoms with Gasteiger partial charge in [0.1, 0.15) is 0 Å². The maximum atomic E-state index is 2.21. The van der Waals surface area contributed by atoms with Gasteiger partial charge in [0.25, 0.3) is 0 Å². The van der Waals surface area contributed by atoms with Crippen LogP contribution in [-0.2, 0) is 26.2 Å². The molecule has 0 unspecified atom stereocenters. The molecular weight excluding hydrogens is 589 g/mol. The van der Waals surface area contributed by atoms with Gasteiger partial charge in [-0.15, -0.1) is 0 Å². The normalized spacial score (nSPS) is 8.00.